The highest BCUT2D eigenvalue weighted by atomic mass is 19.1. The Bertz CT molecular complexity index is 1010. The molecule has 1 N–H and O–H groups in total. The first-order valence-electron chi connectivity index (χ1n) is 8.88. The Hall–Kier alpha value is -3.28. The predicted molar refractivity (Wildman–Crippen MR) is 107 cm³/mol. The molecule has 2 aromatic carbocycles. The summed E-state index contributed by atoms with van der Waals surface area (Å²) in [6.45, 7) is 4.05. The molecule has 28 heavy (non-hydrogen) atoms. The summed E-state index contributed by atoms with van der Waals surface area (Å²) in [4.78, 5) is 13.0. The second-order valence-corrected chi connectivity index (χ2v) is 6.52. The normalized spacial score (nSPS) is 10.6. The van der Waals surface area contributed by atoms with Crippen LogP contribution in [0, 0.1) is 19.7 Å². The van der Waals surface area contributed by atoms with Gasteiger partial charge in [0.1, 0.15) is 11.5 Å². The molecule has 1 aromatic heterocycles. The maximum atomic E-state index is 14.1. The van der Waals surface area contributed by atoms with Gasteiger partial charge in [-0.05, 0) is 43.7 Å². The monoisotopic (exact) mass is 382 g/mol. The van der Waals surface area contributed by atoms with E-state index in [2.05, 4.69) is 5.32 Å². The second-order valence-electron chi connectivity index (χ2n) is 6.52. The van der Waals surface area contributed by atoms with Crippen molar-refractivity contribution in [3.05, 3.63) is 76.9 Å². The number of aryl methyl sites for hydroxylation is 2. The lowest BCUT2D eigenvalue weighted by Gasteiger charge is -2.14. The molecule has 0 aliphatic heterocycles. The lowest BCUT2D eigenvalue weighted by molar-refractivity contribution is 0.101. The number of rotatable bonds is 6. The molecular formula is C22H23FN2O3. The van der Waals surface area contributed by atoms with Gasteiger partial charge in [0, 0.05) is 23.0 Å². The average molecular weight is 382 g/mol. The Labute approximate surface area is 163 Å². The summed E-state index contributed by atoms with van der Waals surface area (Å²) in [6, 6.07) is 13.7. The highest BCUT2D eigenvalue weighted by Gasteiger charge is 2.19. The molecule has 0 saturated heterocycles. The van der Waals surface area contributed by atoms with Gasteiger partial charge in [0.05, 0.1) is 20.8 Å². The van der Waals surface area contributed by atoms with Crippen LogP contribution in [0.15, 0.2) is 48.5 Å². The van der Waals surface area contributed by atoms with Gasteiger partial charge in [-0.3, -0.25) is 4.79 Å². The molecule has 0 atom stereocenters. The molecule has 3 rings (SSSR count). The Morgan fingerprint density at radius 3 is 2.43 bits per heavy atom. The van der Waals surface area contributed by atoms with E-state index in [0.717, 1.165) is 11.3 Å². The van der Waals surface area contributed by atoms with Gasteiger partial charge in [0.15, 0.2) is 11.5 Å². The van der Waals surface area contributed by atoms with Crippen LogP contribution in [0.2, 0.25) is 0 Å². The van der Waals surface area contributed by atoms with Crippen molar-refractivity contribution in [2.75, 3.05) is 19.5 Å². The molecule has 1 amide bonds. The number of hydrogen-bond donors (Lipinski definition) is 1. The number of ether oxygens (including phenoxy) is 2. The standard InChI is InChI=1S/C22H23FN2O3/c1-14-11-15(2)25(13-16-7-5-6-8-18(16)23)21(14)22(26)24-17-9-10-19(27-3)20(12-17)28-4/h5-12H,13H2,1-4H3,(H,24,26). The lowest BCUT2D eigenvalue weighted by Crippen LogP contribution is -2.19. The van der Waals surface area contributed by atoms with E-state index in [9.17, 15) is 9.18 Å². The molecule has 0 aliphatic carbocycles. The summed E-state index contributed by atoms with van der Waals surface area (Å²) in [5.74, 6) is 0.541. The van der Waals surface area contributed by atoms with E-state index >= 15 is 0 Å². The zero-order chi connectivity index (χ0) is 20.3. The summed E-state index contributed by atoms with van der Waals surface area (Å²) in [5, 5.41) is 2.89. The van der Waals surface area contributed by atoms with Crippen LogP contribution in [0.3, 0.4) is 0 Å². The molecule has 0 saturated carbocycles. The average Bonchev–Trinajstić information content (AvgIpc) is 2.96. The number of benzene rings is 2. The van der Waals surface area contributed by atoms with Crippen LogP contribution in [-0.2, 0) is 6.54 Å². The third kappa shape index (κ3) is 3.86. The molecule has 6 heteroatoms. The van der Waals surface area contributed by atoms with Crippen LogP contribution in [0.1, 0.15) is 27.3 Å². The molecule has 146 valence electrons. The van der Waals surface area contributed by atoms with Crippen molar-refractivity contribution in [2.24, 2.45) is 0 Å². The van der Waals surface area contributed by atoms with Crippen molar-refractivity contribution in [3.63, 3.8) is 0 Å². The Morgan fingerprint density at radius 2 is 1.75 bits per heavy atom. The number of nitrogens with one attached hydrogen (secondary N) is 1. The molecule has 3 aromatic rings. The summed E-state index contributed by atoms with van der Waals surface area (Å²) >= 11 is 0. The third-order valence-electron chi connectivity index (χ3n) is 4.64. The van der Waals surface area contributed by atoms with E-state index in [0.29, 0.717) is 28.4 Å². The molecule has 5 nitrogen and oxygen atoms in total. The van der Waals surface area contributed by atoms with Gasteiger partial charge in [-0.15, -0.1) is 0 Å². The molecule has 0 radical (unpaired) electrons. The fraction of sp³-hybridized carbons (Fsp3) is 0.227. The number of carbonyl (C=O) groups is 1. The van der Waals surface area contributed by atoms with Crippen LogP contribution in [0.5, 0.6) is 11.5 Å². The number of carbonyl (C=O) groups excluding carboxylic acids is 1. The molecule has 0 unspecified atom stereocenters. The van der Waals surface area contributed by atoms with Crippen molar-refractivity contribution in [1.29, 1.82) is 0 Å². The Balaban J connectivity index is 1.91. The number of anilines is 1. The number of methoxy groups -OCH3 is 2. The van der Waals surface area contributed by atoms with Crippen LogP contribution in [-0.4, -0.2) is 24.7 Å². The first-order valence-corrected chi connectivity index (χ1v) is 8.88. The molecule has 0 aliphatic rings. The van der Waals surface area contributed by atoms with Crippen LogP contribution < -0.4 is 14.8 Å². The fourth-order valence-corrected chi connectivity index (χ4v) is 3.26. The minimum atomic E-state index is -0.292. The smallest absolute Gasteiger partial charge is 0.272 e. The van der Waals surface area contributed by atoms with Crippen molar-refractivity contribution < 1.29 is 18.7 Å². The van der Waals surface area contributed by atoms with Gasteiger partial charge in [-0.25, -0.2) is 4.39 Å². The van der Waals surface area contributed by atoms with Crippen molar-refractivity contribution >= 4 is 11.6 Å². The largest absolute Gasteiger partial charge is 0.493 e. The van der Waals surface area contributed by atoms with Gasteiger partial charge in [0.2, 0.25) is 0 Å². The quantitative estimate of drug-likeness (QED) is 0.680. The van der Waals surface area contributed by atoms with Crippen molar-refractivity contribution in [2.45, 2.75) is 20.4 Å². The van der Waals surface area contributed by atoms with Gasteiger partial charge in [-0.1, -0.05) is 18.2 Å². The zero-order valence-corrected chi connectivity index (χ0v) is 16.4. The van der Waals surface area contributed by atoms with E-state index in [1.165, 1.54) is 13.2 Å². The fourth-order valence-electron chi connectivity index (χ4n) is 3.26. The lowest BCUT2D eigenvalue weighted by atomic mass is 10.2. The number of amides is 1. The number of hydrogen-bond acceptors (Lipinski definition) is 3. The SMILES string of the molecule is COc1ccc(NC(=O)c2c(C)cc(C)n2Cc2ccccc2F)cc1OC. The van der Waals surface area contributed by atoms with Crippen LogP contribution in [0.4, 0.5) is 10.1 Å². The predicted octanol–water partition coefficient (Wildman–Crippen LogP) is 4.56. The summed E-state index contributed by atoms with van der Waals surface area (Å²) in [7, 11) is 3.09. The third-order valence-corrected chi connectivity index (χ3v) is 4.64. The molecular weight excluding hydrogens is 359 g/mol. The Morgan fingerprint density at radius 1 is 1.04 bits per heavy atom. The van der Waals surface area contributed by atoms with Gasteiger partial charge >= 0.3 is 0 Å². The van der Waals surface area contributed by atoms with Crippen LogP contribution >= 0.6 is 0 Å². The molecule has 0 bridgehead atoms. The highest BCUT2D eigenvalue weighted by Crippen LogP contribution is 2.30. The zero-order valence-electron chi connectivity index (χ0n) is 16.4. The van der Waals surface area contributed by atoms with E-state index in [-0.39, 0.29) is 18.3 Å². The maximum Gasteiger partial charge on any atom is 0.272 e. The minimum Gasteiger partial charge on any atom is -0.493 e. The maximum absolute atomic E-state index is 14.1. The Kier molecular flexibility index (Phi) is 5.68. The van der Waals surface area contributed by atoms with Crippen molar-refractivity contribution in [1.82, 2.24) is 4.57 Å². The van der Waals surface area contributed by atoms with Gasteiger partial charge < -0.3 is 19.4 Å². The summed E-state index contributed by atoms with van der Waals surface area (Å²) in [6.07, 6.45) is 0. The summed E-state index contributed by atoms with van der Waals surface area (Å²) < 4.78 is 26.4. The second kappa shape index (κ2) is 8.17. The minimum absolute atomic E-state index is 0.269. The van der Waals surface area contributed by atoms with Crippen molar-refractivity contribution in [3.8, 4) is 11.5 Å². The number of nitrogens with zero attached hydrogens (tertiary/aromatic N) is 1. The van der Waals surface area contributed by atoms with E-state index in [4.69, 9.17) is 9.47 Å². The molecule has 0 fully saturated rings. The number of aromatic nitrogens is 1. The van der Waals surface area contributed by atoms with E-state index < -0.39 is 0 Å². The van der Waals surface area contributed by atoms with E-state index in [1.54, 1.807) is 43.5 Å². The van der Waals surface area contributed by atoms with Crippen LogP contribution in [0.25, 0.3) is 0 Å². The highest BCUT2D eigenvalue weighted by molar-refractivity contribution is 6.04. The summed E-state index contributed by atoms with van der Waals surface area (Å²) in [5.41, 5.74) is 3.32. The molecule has 1 heterocycles. The first-order chi connectivity index (χ1) is 13.4. The first kappa shape index (κ1) is 19.5. The van der Waals surface area contributed by atoms with Gasteiger partial charge in [0.25, 0.3) is 5.91 Å². The number of halogens is 1. The topological polar surface area (TPSA) is 52.5 Å². The van der Waals surface area contributed by atoms with E-state index in [1.807, 2.05) is 24.5 Å². The molecule has 0 spiro atoms. The van der Waals surface area contributed by atoms with Gasteiger partial charge in [-0.2, -0.15) is 0 Å².